The van der Waals surface area contributed by atoms with Gasteiger partial charge in [-0.3, -0.25) is 4.68 Å². The number of hydrogen-bond donors (Lipinski definition) is 0. The fraction of sp³-hybridized carbons (Fsp3) is 0.389. The molecule has 1 saturated carbocycles. The van der Waals surface area contributed by atoms with Gasteiger partial charge in [0, 0.05) is 25.6 Å². The van der Waals surface area contributed by atoms with Gasteiger partial charge in [0.2, 0.25) is 0 Å². The summed E-state index contributed by atoms with van der Waals surface area (Å²) in [5.74, 6) is 1.78. The summed E-state index contributed by atoms with van der Waals surface area (Å²) in [6, 6.07) is 10.9. The van der Waals surface area contributed by atoms with Crippen molar-refractivity contribution in [3.05, 3.63) is 48.4 Å². The van der Waals surface area contributed by atoms with Crippen molar-refractivity contribution >= 4 is 16.9 Å². The Kier molecular flexibility index (Phi) is 2.57. The van der Waals surface area contributed by atoms with Crippen LogP contribution in [0.15, 0.2) is 42.9 Å². The smallest absolute Gasteiger partial charge is 0.163 e. The van der Waals surface area contributed by atoms with Crippen LogP contribution in [-0.4, -0.2) is 32.8 Å². The lowest BCUT2D eigenvalue weighted by Gasteiger charge is -2.59. The molecule has 0 bridgehead atoms. The van der Waals surface area contributed by atoms with Crippen molar-refractivity contribution in [2.24, 2.45) is 12.5 Å². The second-order valence-electron chi connectivity index (χ2n) is 7.07. The molecule has 0 atom stereocenters. The summed E-state index contributed by atoms with van der Waals surface area (Å²) in [5.41, 5.74) is 2.90. The van der Waals surface area contributed by atoms with Crippen LogP contribution in [0, 0.1) is 5.41 Å². The van der Waals surface area contributed by atoms with Crippen LogP contribution in [-0.2, 0) is 7.05 Å². The normalized spacial score (nSPS) is 19.8. The number of nitrogens with zero attached hydrogens (tertiary/aromatic N) is 5. The molecule has 23 heavy (non-hydrogen) atoms. The number of benzene rings is 1. The lowest BCUT2D eigenvalue weighted by Crippen LogP contribution is -2.62. The first-order chi connectivity index (χ1) is 11.2. The monoisotopic (exact) mass is 305 g/mol. The zero-order chi connectivity index (χ0) is 15.4. The summed E-state index contributed by atoms with van der Waals surface area (Å²) in [5, 5.41) is 5.37. The molecule has 2 fully saturated rings. The third-order valence-corrected chi connectivity index (χ3v) is 5.49. The van der Waals surface area contributed by atoms with Crippen LogP contribution >= 0.6 is 0 Å². The van der Waals surface area contributed by atoms with Crippen LogP contribution in [0.1, 0.15) is 24.3 Å². The Hall–Kier alpha value is -2.43. The van der Waals surface area contributed by atoms with Gasteiger partial charge in [-0.05, 0) is 24.3 Å². The standard InChI is InChI=1S/C18H19N5/c1-22-16-15(9-21-22)17(20-12-19-16)23-10-18(11-23)7-14(8-18)13-5-3-2-4-6-13/h2-6,9,12,14H,7-8,10-11H2,1H3. The van der Waals surface area contributed by atoms with Crippen LogP contribution in [0.2, 0.25) is 0 Å². The van der Waals surface area contributed by atoms with Crippen molar-refractivity contribution < 1.29 is 0 Å². The molecule has 116 valence electrons. The average molecular weight is 305 g/mol. The van der Waals surface area contributed by atoms with E-state index in [1.54, 1.807) is 6.33 Å². The van der Waals surface area contributed by atoms with E-state index in [4.69, 9.17) is 0 Å². The molecule has 0 amide bonds. The molecule has 2 aliphatic rings. The van der Waals surface area contributed by atoms with Crippen LogP contribution in [0.4, 0.5) is 5.82 Å². The van der Waals surface area contributed by atoms with E-state index in [9.17, 15) is 0 Å². The first-order valence-electron chi connectivity index (χ1n) is 8.17. The highest BCUT2D eigenvalue weighted by atomic mass is 15.3. The summed E-state index contributed by atoms with van der Waals surface area (Å²) in [7, 11) is 1.92. The van der Waals surface area contributed by atoms with E-state index in [1.165, 1.54) is 18.4 Å². The molecule has 5 heteroatoms. The molecule has 3 aromatic rings. The lowest BCUT2D eigenvalue weighted by atomic mass is 9.56. The van der Waals surface area contributed by atoms with Gasteiger partial charge in [-0.2, -0.15) is 5.10 Å². The zero-order valence-corrected chi connectivity index (χ0v) is 13.2. The number of aryl methyl sites for hydroxylation is 1. The molecule has 0 radical (unpaired) electrons. The van der Waals surface area contributed by atoms with Crippen molar-refractivity contribution in [2.45, 2.75) is 18.8 Å². The molecule has 1 aromatic carbocycles. The SMILES string of the molecule is Cn1ncc2c(N3CC4(CC(c5ccccc5)C4)C3)ncnc21. The van der Waals surface area contributed by atoms with Crippen LogP contribution in [0.25, 0.3) is 11.0 Å². The van der Waals surface area contributed by atoms with Gasteiger partial charge in [-0.1, -0.05) is 30.3 Å². The van der Waals surface area contributed by atoms with Crippen molar-refractivity contribution in [3.63, 3.8) is 0 Å². The Morgan fingerprint density at radius 1 is 1.09 bits per heavy atom. The molecule has 1 aliphatic carbocycles. The second kappa shape index (κ2) is 4.54. The fourth-order valence-electron chi connectivity index (χ4n) is 4.32. The van der Waals surface area contributed by atoms with Gasteiger partial charge < -0.3 is 4.90 Å². The molecule has 3 heterocycles. The summed E-state index contributed by atoms with van der Waals surface area (Å²) < 4.78 is 1.81. The van der Waals surface area contributed by atoms with E-state index in [0.29, 0.717) is 5.41 Å². The predicted octanol–water partition coefficient (Wildman–Crippen LogP) is 2.75. The van der Waals surface area contributed by atoms with Crippen LogP contribution in [0.5, 0.6) is 0 Å². The maximum absolute atomic E-state index is 4.50. The minimum atomic E-state index is 0.500. The molecule has 2 aromatic heterocycles. The minimum Gasteiger partial charge on any atom is -0.355 e. The Morgan fingerprint density at radius 2 is 1.87 bits per heavy atom. The Labute approximate surface area is 135 Å². The number of hydrogen-bond acceptors (Lipinski definition) is 4. The molecular weight excluding hydrogens is 286 g/mol. The topological polar surface area (TPSA) is 46.8 Å². The average Bonchev–Trinajstić information content (AvgIpc) is 2.88. The van der Waals surface area contributed by atoms with Crippen molar-refractivity contribution in [2.75, 3.05) is 18.0 Å². The third kappa shape index (κ3) is 1.89. The summed E-state index contributed by atoms with van der Waals surface area (Å²) in [6.45, 7) is 2.22. The second-order valence-corrected chi connectivity index (χ2v) is 7.07. The summed E-state index contributed by atoms with van der Waals surface area (Å²) in [4.78, 5) is 11.2. The molecule has 5 nitrogen and oxygen atoms in total. The van der Waals surface area contributed by atoms with E-state index in [1.807, 2.05) is 17.9 Å². The first-order valence-corrected chi connectivity index (χ1v) is 8.17. The Bertz CT molecular complexity index is 856. The summed E-state index contributed by atoms with van der Waals surface area (Å²) >= 11 is 0. The summed E-state index contributed by atoms with van der Waals surface area (Å²) in [6.07, 6.45) is 6.13. The largest absolute Gasteiger partial charge is 0.355 e. The van der Waals surface area contributed by atoms with Crippen molar-refractivity contribution in [3.8, 4) is 0 Å². The number of anilines is 1. The lowest BCUT2D eigenvalue weighted by molar-refractivity contribution is 0.0629. The van der Waals surface area contributed by atoms with Crippen molar-refractivity contribution in [1.82, 2.24) is 19.7 Å². The Balaban J connectivity index is 1.32. The molecule has 5 rings (SSSR count). The maximum Gasteiger partial charge on any atom is 0.163 e. The number of rotatable bonds is 2. The minimum absolute atomic E-state index is 0.500. The van der Waals surface area contributed by atoms with Gasteiger partial charge in [-0.25, -0.2) is 9.97 Å². The highest BCUT2D eigenvalue weighted by Crippen LogP contribution is 2.56. The highest BCUT2D eigenvalue weighted by Gasteiger charge is 2.53. The quantitative estimate of drug-likeness (QED) is 0.730. The van der Waals surface area contributed by atoms with Gasteiger partial charge in [0.1, 0.15) is 12.1 Å². The fourth-order valence-corrected chi connectivity index (χ4v) is 4.32. The zero-order valence-electron chi connectivity index (χ0n) is 13.2. The predicted molar refractivity (Wildman–Crippen MR) is 89.4 cm³/mol. The van der Waals surface area contributed by atoms with Crippen molar-refractivity contribution in [1.29, 1.82) is 0 Å². The van der Waals surface area contributed by atoms with E-state index < -0.39 is 0 Å². The van der Waals surface area contributed by atoms with E-state index in [2.05, 4.69) is 50.3 Å². The molecular formula is C18H19N5. The van der Waals surface area contributed by atoms with Gasteiger partial charge in [0.25, 0.3) is 0 Å². The van der Waals surface area contributed by atoms with E-state index >= 15 is 0 Å². The third-order valence-electron chi connectivity index (χ3n) is 5.49. The number of aromatic nitrogens is 4. The van der Waals surface area contributed by atoms with Gasteiger partial charge in [-0.15, -0.1) is 0 Å². The van der Waals surface area contributed by atoms with Crippen LogP contribution in [0.3, 0.4) is 0 Å². The molecule has 1 saturated heterocycles. The highest BCUT2D eigenvalue weighted by molar-refractivity contribution is 5.87. The Morgan fingerprint density at radius 3 is 2.65 bits per heavy atom. The van der Waals surface area contributed by atoms with E-state index in [0.717, 1.165) is 35.9 Å². The van der Waals surface area contributed by atoms with Gasteiger partial charge in [0.05, 0.1) is 11.6 Å². The molecule has 0 unspecified atom stereocenters. The molecule has 1 aliphatic heterocycles. The van der Waals surface area contributed by atoms with Gasteiger partial charge >= 0.3 is 0 Å². The number of fused-ring (bicyclic) bond motifs is 1. The molecule has 0 N–H and O–H groups in total. The van der Waals surface area contributed by atoms with E-state index in [-0.39, 0.29) is 0 Å². The first kappa shape index (κ1) is 13.0. The molecule has 1 spiro atoms. The van der Waals surface area contributed by atoms with Crippen LogP contribution < -0.4 is 4.90 Å². The maximum atomic E-state index is 4.50. The van der Waals surface area contributed by atoms with Gasteiger partial charge in [0.15, 0.2) is 5.65 Å².